The smallest absolute Gasteiger partial charge is 0.189 e. The molecule has 2 N–H and O–H groups in total. The van der Waals surface area contributed by atoms with Crippen LogP contribution in [0.25, 0.3) is 0 Å². The normalized spacial score (nSPS) is 10.4. The summed E-state index contributed by atoms with van der Waals surface area (Å²) in [6.45, 7) is 0.807. The van der Waals surface area contributed by atoms with Gasteiger partial charge in [0, 0.05) is 12.6 Å². The lowest BCUT2D eigenvalue weighted by atomic mass is 10.2. The van der Waals surface area contributed by atoms with Crippen molar-refractivity contribution in [1.29, 1.82) is 0 Å². The Labute approximate surface area is 111 Å². The molecule has 0 saturated carbocycles. The molecular weight excluding hydrogens is 245 g/mol. The average Bonchev–Trinajstić information content (AvgIpc) is 2.44. The minimum atomic E-state index is -0.360. The van der Waals surface area contributed by atoms with E-state index in [1.54, 1.807) is 6.07 Å². The van der Waals surface area contributed by atoms with E-state index in [9.17, 15) is 4.39 Å². The van der Waals surface area contributed by atoms with Crippen molar-refractivity contribution in [3.63, 3.8) is 0 Å². The van der Waals surface area contributed by atoms with Crippen LogP contribution in [0.5, 0.6) is 5.75 Å². The van der Waals surface area contributed by atoms with Gasteiger partial charge in [-0.25, -0.2) is 4.39 Å². The van der Waals surface area contributed by atoms with Gasteiger partial charge in [0.15, 0.2) is 6.79 Å². The van der Waals surface area contributed by atoms with Gasteiger partial charge in [0.25, 0.3) is 0 Å². The first-order valence-corrected chi connectivity index (χ1v) is 6.02. The highest BCUT2D eigenvalue weighted by molar-refractivity contribution is 5.29. The lowest BCUT2D eigenvalue weighted by molar-refractivity contribution is 0.00487. The summed E-state index contributed by atoms with van der Waals surface area (Å²) in [6.07, 6.45) is 0. The first-order valence-electron chi connectivity index (χ1n) is 6.02. The van der Waals surface area contributed by atoms with Crippen molar-refractivity contribution in [3.05, 3.63) is 65.5 Å². The van der Waals surface area contributed by atoms with Crippen LogP contribution in [-0.2, 0) is 17.9 Å². The van der Waals surface area contributed by atoms with Gasteiger partial charge in [-0.1, -0.05) is 30.3 Å². The third-order valence-corrected chi connectivity index (χ3v) is 2.59. The Hall–Kier alpha value is -1.91. The standard InChI is InChI=1S/C15H16FNO2/c16-14-6-13(9-17)7-15(8-14)19-11-18-10-12-4-2-1-3-5-12/h1-8H,9-11,17H2. The maximum Gasteiger partial charge on any atom is 0.189 e. The van der Waals surface area contributed by atoms with Crippen LogP contribution < -0.4 is 10.5 Å². The van der Waals surface area contributed by atoms with Crippen LogP contribution in [0.3, 0.4) is 0 Å². The second kappa shape index (κ2) is 6.87. The average molecular weight is 261 g/mol. The van der Waals surface area contributed by atoms with Gasteiger partial charge in [0.1, 0.15) is 11.6 Å². The van der Waals surface area contributed by atoms with Crippen LogP contribution in [0.15, 0.2) is 48.5 Å². The zero-order chi connectivity index (χ0) is 13.5. The Morgan fingerprint density at radius 3 is 2.53 bits per heavy atom. The molecule has 0 aliphatic carbocycles. The quantitative estimate of drug-likeness (QED) is 0.642. The summed E-state index contributed by atoms with van der Waals surface area (Å²) in [5.41, 5.74) is 7.22. The number of halogens is 1. The second-order valence-corrected chi connectivity index (χ2v) is 4.10. The molecule has 3 nitrogen and oxygen atoms in total. The number of ether oxygens (including phenoxy) is 2. The van der Waals surface area contributed by atoms with Gasteiger partial charge >= 0.3 is 0 Å². The van der Waals surface area contributed by atoms with E-state index in [4.69, 9.17) is 15.2 Å². The lowest BCUT2D eigenvalue weighted by Gasteiger charge is -2.08. The number of hydrogen-bond donors (Lipinski definition) is 1. The molecule has 100 valence electrons. The van der Waals surface area contributed by atoms with Crippen molar-refractivity contribution in [2.75, 3.05) is 6.79 Å². The van der Waals surface area contributed by atoms with Gasteiger partial charge in [-0.15, -0.1) is 0 Å². The topological polar surface area (TPSA) is 44.5 Å². The van der Waals surface area contributed by atoms with Crippen molar-refractivity contribution in [2.45, 2.75) is 13.2 Å². The minimum Gasteiger partial charge on any atom is -0.467 e. The summed E-state index contributed by atoms with van der Waals surface area (Å²) in [5.74, 6) is 0.0644. The van der Waals surface area contributed by atoms with Crippen LogP contribution in [0.4, 0.5) is 4.39 Å². The van der Waals surface area contributed by atoms with Crippen molar-refractivity contribution in [2.24, 2.45) is 5.73 Å². The number of benzene rings is 2. The van der Waals surface area contributed by atoms with Gasteiger partial charge in [-0.3, -0.25) is 0 Å². The molecule has 2 aromatic carbocycles. The van der Waals surface area contributed by atoms with E-state index < -0.39 is 0 Å². The molecule has 0 aliphatic rings. The molecule has 0 aliphatic heterocycles. The van der Waals surface area contributed by atoms with Crippen molar-refractivity contribution < 1.29 is 13.9 Å². The molecule has 0 radical (unpaired) electrons. The van der Waals surface area contributed by atoms with E-state index in [2.05, 4.69) is 0 Å². The molecule has 0 unspecified atom stereocenters. The summed E-state index contributed by atoms with van der Waals surface area (Å²) in [6, 6.07) is 14.2. The third kappa shape index (κ3) is 4.35. The highest BCUT2D eigenvalue weighted by Gasteiger charge is 2.01. The maximum atomic E-state index is 13.2. The Morgan fingerprint density at radius 1 is 1.00 bits per heavy atom. The first kappa shape index (κ1) is 13.5. The van der Waals surface area contributed by atoms with Gasteiger partial charge < -0.3 is 15.2 Å². The second-order valence-electron chi connectivity index (χ2n) is 4.10. The van der Waals surface area contributed by atoms with E-state index in [0.29, 0.717) is 17.9 Å². The zero-order valence-electron chi connectivity index (χ0n) is 10.5. The Morgan fingerprint density at radius 2 is 1.79 bits per heavy atom. The zero-order valence-corrected chi connectivity index (χ0v) is 10.5. The van der Waals surface area contributed by atoms with Crippen LogP contribution in [0, 0.1) is 5.82 Å². The van der Waals surface area contributed by atoms with Gasteiger partial charge in [0.2, 0.25) is 0 Å². The molecule has 0 heterocycles. The molecule has 2 aromatic rings. The fourth-order valence-corrected chi connectivity index (χ4v) is 1.67. The van der Waals surface area contributed by atoms with Gasteiger partial charge in [-0.05, 0) is 23.3 Å². The summed E-state index contributed by atoms with van der Waals surface area (Å²) >= 11 is 0. The number of nitrogens with two attached hydrogens (primary N) is 1. The van der Waals surface area contributed by atoms with E-state index >= 15 is 0 Å². The fourth-order valence-electron chi connectivity index (χ4n) is 1.67. The molecule has 4 heteroatoms. The molecule has 0 atom stereocenters. The number of rotatable bonds is 6. The molecule has 0 saturated heterocycles. The number of hydrogen-bond acceptors (Lipinski definition) is 3. The van der Waals surface area contributed by atoms with Crippen LogP contribution in [-0.4, -0.2) is 6.79 Å². The summed E-state index contributed by atoms with van der Waals surface area (Å²) in [7, 11) is 0. The molecule has 19 heavy (non-hydrogen) atoms. The monoisotopic (exact) mass is 261 g/mol. The molecule has 0 fully saturated rings. The molecule has 2 rings (SSSR count). The SMILES string of the molecule is NCc1cc(F)cc(OCOCc2ccccc2)c1. The molecule has 0 aromatic heterocycles. The van der Waals surface area contributed by atoms with E-state index in [0.717, 1.165) is 5.56 Å². The van der Waals surface area contributed by atoms with Crippen LogP contribution in [0.2, 0.25) is 0 Å². The highest BCUT2D eigenvalue weighted by Crippen LogP contribution is 2.16. The largest absolute Gasteiger partial charge is 0.467 e. The highest BCUT2D eigenvalue weighted by atomic mass is 19.1. The maximum absolute atomic E-state index is 13.2. The summed E-state index contributed by atoms with van der Waals surface area (Å²) < 4.78 is 23.9. The van der Waals surface area contributed by atoms with Gasteiger partial charge in [0.05, 0.1) is 6.61 Å². The van der Waals surface area contributed by atoms with E-state index in [-0.39, 0.29) is 19.2 Å². The molecular formula is C15H16FNO2. The van der Waals surface area contributed by atoms with Crippen molar-refractivity contribution >= 4 is 0 Å². The van der Waals surface area contributed by atoms with Crippen molar-refractivity contribution in [3.8, 4) is 5.75 Å². The van der Waals surface area contributed by atoms with Crippen LogP contribution >= 0.6 is 0 Å². The summed E-state index contributed by atoms with van der Waals surface area (Å²) in [4.78, 5) is 0. The van der Waals surface area contributed by atoms with E-state index in [1.165, 1.54) is 12.1 Å². The predicted molar refractivity (Wildman–Crippen MR) is 71.0 cm³/mol. The lowest BCUT2D eigenvalue weighted by Crippen LogP contribution is -2.04. The van der Waals surface area contributed by atoms with Gasteiger partial charge in [-0.2, -0.15) is 0 Å². The first-order chi connectivity index (χ1) is 9.28. The molecule has 0 bridgehead atoms. The molecule has 0 amide bonds. The third-order valence-electron chi connectivity index (χ3n) is 2.59. The molecule has 0 spiro atoms. The summed E-state index contributed by atoms with van der Waals surface area (Å²) in [5, 5.41) is 0. The Balaban J connectivity index is 1.81. The Kier molecular flexibility index (Phi) is 4.89. The van der Waals surface area contributed by atoms with Crippen molar-refractivity contribution in [1.82, 2.24) is 0 Å². The predicted octanol–water partition coefficient (Wildman–Crippen LogP) is 2.84. The van der Waals surface area contributed by atoms with Crippen LogP contribution in [0.1, 0.15) is 11.1 Å². The Bertz CT molecular complexity index is 517. The minimum absolute atomic E-state index is 0.0718. The fraction of sp³-hybridized carbons (Fsp3) is 0.200. The van der Waals surface area contributed by atoms with E-state index in [1.807, 2.05) is 30.3 Å².